The summed E-state index contributed by atoms with van der Waals surface area (Å²) in [6.45, 7) is 0.465. The van der Waals surface area contributed by atoms with Crippen LogP contribution in [0.1, 0.15) is 0 Å². The summed E-state index contributed by atoms with van der Waals surface area (Å²) in [5.41, 5.74) is 0. The van der Waals surface area contributed by atoms with Crippen LogP contribution in [0.15, 0.2) is 17.5 Å². The SMILES string of the molecule is [C]1=NOCC=CO1. The monoisotopic (exact) mass is 98.0 g/mol. The van der Waals surface area contributed by atoms with E-state index in [-0.39, 0.29) is 0 Å². The molecular formula is C4H4NO2. The molecule has 0 amide bonds. The average molecular weight is 98.1 g/mol. The van der Waals surface area contributed by atoms with Gasteiger partial charge < -0.3 is 9.57 Å². The first-order valence-electron chi connectivity index (χ1n) is 1.88. The molecule has 1 aliphatic heterocycles. The second kappa shape index (κ2) is 2.23. The Kier molecular flexibility index (Phi) is 1.33. The van der Waals surface area contributed by atoms with Crippen LogP contribution in [0.25, 0.3) is 0 Å². The van der Waals surface area contributed by atoms with E-state index in [2.05, 4.69) is 21.1 Å². The molecule has 0 N–H and O–H groups in total. The molecule has 0 unspecified atom stereocenters. The lowest BCUT2D eigenvalue weighted by molar-refractivity contribution is 0.175. The fourth-order valence-corrected chi connectivity index (χ4v) is 0.246. The molecule has 0 saturated heterocycles. The highest BCUT2D eigenvalue weighted by atomic mass is 16.6. The van der Waals surface area contributed by atoms with Crippen molar-refractivity contribution in [2.24, 2.45) is 5.16 Å². The molecule has 3 heteroatoms. The average Bonchev–Trinajstić information content (AvgIpc) is 1.90. The van der Waals surface area contributed by atoms with Crippen molar-refractivity contribution in [3.63, 3.8) is 0 Å². The summed E-state index contributed by atoms with van der Waals surface area (Å²) < 4.78 is 4.47. The van der Waals surface area contributed by atoms with Crippen LogP contribution < -0.4 is 0 Å². The second-order valence-electron chi connectivity index (χ2n) is 0.968. The summed E-state index contributed by atoms with van der Waals surface area (Å²) >= 11 is 0. The molecule has 0 aromatic heterocycles. The fraction of sp³-hybridized carbons (Fsp3) is 0.250. The Morgan fingerprint density at radius 1 is 1.71 bits per heavy atom. The van der Waals surface area contributed by atoms with E-state index in [4.69, 9.17) is 0 Å². The molecule has 3 nitrogen and oxygen atoms in total. The van der Waals surface area contributed by atoms with E-state index in [1.807, 2.05) is 0 Å². The van der Waals surface area contributed by atoms with Crippen molar-refractivity contribution in [1.29, 1.82) is 0 Å². The molecule has 0 saturated carbocycles. The van der Waals surface area contributed by atoms with Crippen molar-refractivity contribution in [3.05, 3.63) is 12.3 Å². The Labute approximate surface area is 41.2 Å². The molecular weight excluding hydrogens is 94.0 g/mol. The lowest BCUT2D eigenvalue weighted by atomic mass is 10.7. The van der Waals surface area contributed by atoms with Crippen molar-refractivity contribution in [2.75, 3.05) is 6.61 Å². The molecule has 0 aromatic carbocycles. The maximum Gasteiger partial charge on any atom is 0.322 e. The maximum atomic E-state index is 4.50. The van der Waals surface area contributed by atoms with Gasteiger partial charge in [0.05, 0.1) is 6.26 Å². The molecule has 0 aromatic rings. The van der Waals surface area contributed by atoms with Gasteiger partial charge in [-0.25, -0.2) is 0 Å². The van der Waals surface area contributed by atoms with E-state index in [1.54, 1.807) is 6.08 Å². The molecule has 1 rings (SSSR count). The standard InChI is InChI=1S/C4H4NO2/c1-2-6-4-5-7-3-1/h1-2H,3H2. The van der Waals surface area contributed by atoms with Gasteiger partial charge in [0.15, 0.2) is 0 Å². The Balaban J connectivity index is 2.38. The number of hydrogen-bond donors (Lipinski definition) is 0. The van der Waals surface area contributed by atoms with Crippen LogP contribution in [-0.4, -0.2) is 13.0 Å². The van der Waals surface area contributed by atoms with E-state index in [0.29, 0.717) is 6.61 Å². The normalized spacial score (nSPS) is 17.1. The third kappa shape index (κ3) is 1.26. The molecule has 0 bridgehead atoms. The van der Waals surface area contributed by atoms with Crippen molar-refractivity contribution >= 4 is 6.40 Å². The van der Waals surface area contributed by atoms with Crippen molar-refractivity contribution < 1.29 is 9.57 Å². The Morgan fingerprint density at radius 3 is 3.71 bits per heavy atom. The van der Waals surface area contributed by atoms with Crippen LogP contribution in [0, 0.1) is 0 Å². The molecule has 0 aliphatic carbocycles. The van der Waals surface area contributed by atoms with E-state index >= 15 is 0 Å². The van der Waals surface area contributed by atoms with Crippen molar-refractivity contribution in [3.8, 4) is 0 Å². The van der Waals surface area contributed by atoms with Gasteiger partial charge in [-0.1, -0.05) is 0 Å². The Morgan fingerprint density at radius 2 is 2.71 bits per heavy atom. The van der Waals surface area contributed by atoms with Crippen LogP contribution in [0.2, 0.25) is 0 Å². The van der Waals surface area contributed by atoms with Crippen LogP contribution in [0.3, 0.4) is 0 Å². The molecule has 1 heterocycles. The molecule has 1 radical (unpaired) electrons. The van der Waals surface area contributed by atoms with Gasteiger partial charge in [0.1, 0.15) is 6.61 Å². The highest BCUT2D eigenvalue weighted by Crippen LogP contribution is 1.83. The highest BCUT2D eigenvalue weighted by Gasteiger charge is 1.81. The van der Waals surface area contributed by atoms with Gasteiger partial charge in [-0.3, -0.25) is 0 Å². The van der Waals surface area contributed by atoms with Crippen LogP contribution in [0.5, 0.6) is 0 Å². The van der Waals surface area contributed by atoms with E-state index in [9.17, 15) is 0 Å². The van der Waals surface area contributed by atoms with Crippen LogP contribution in [0.4, 0.5) is 0 Å². The predicted octanol–water partition coefficient (Wildman–Crippen LogP) is 0.367. The van der Waals surface area contributed by atoms with Gasteiger partial charge in [0, 0.05) is 0 Å². The molecule has 0 spiro atoms. The number of ether oxygens (including phenoxy) is 1. The minimum absolute atomic E-state index is 0.465. The van der Waals surface area contributed by atoms with Gasteiger partial charge in [0.2, 0.25) is 0 Å². The third-order valence-corrected chi connectivity index (χ3v) is 0.490. The van der Waals surface area contributed by atoms with E-state index in [1.165, 1.54) is 6.26 Å². The summed E-state index contributed by atoms with van der Waals surface area (Å²) in [4.78, 5) is 4.50. The zero-order valence-electron chi connectivity index (χ0n) is 3.63. The molecule has 37 valence electrons. The highest BCUT2D eigenvalue weighted by molar-refractivity contribution is 5.46. The number of nitrogens with zero attached hydrogens (tertiary/aromatic N) is 1. The first kappa shape index (κ1) is 4.18. The number of hydrogen-bond acceptors (Lipinski definition) is 3. The lowest BCUT2D eigenvalue weighted by Crippen LogP contribution is -1.76. The molecule has 0 fully saturated rings. The van der Waals surface area contributed by atoms with Gasteiger partial charge in [0.25, 0.3) is 0 Å². The zero-order chi connectivity index (χ0) is 4.95. The van der Waals surface area contributed by atoms with Crippen LogP contribution in [-0.2, 0) is 9.57 Å². The van der Waals surface area contributed by atoms with E-state index < -0.39 is 0 Å². The van der Waals surface area contributed by atoms with Gasteiger partial charge >= 0.3 is 6.40 Å². The zero-order valence-corrected chi connectivity index (χ0v) is 3.63. The van der Waals surface area contributed by atoms with E-state index in [0.717, 1.165) is 0 Å². The summed E-state index contributed by atoms with van der Waals surface area (Å²) in [6, 6.07) is 0. The Hall–Kier alpha value is -0.990. The minimum atomic E-state index is 0.465. The molecule has 7 heavy (non-hydrogen) atoms. The molecule has 0 atom stereocenters. The third-order valence-electron chi connectivity index (χ3n) is 0.490. The van der Waals surface area contributed by atoms with Crippen molar-refractivity contribution in [2.45, 2.75) is 0 Å². The van der Waals surface area contributed by atoms with Gasteiger partial charge in [-0.05, 0) is 11.2 Å². The summed E-state index contributed by atoms with van der Waals surface area (Å²) in [5.74, 6) is 0. The summed E-state index contributed by atoms with van der Waals surface area (Å²) in [6.07, 6.45) is 5.33. The second-order valence-corrected chi connectivity index (χ2v) is 0.968. The minimum Gasteiger partial charge on any atom is -0.441 e. The van der Waals surface area contributed by atoms with Gasteiger partial charge in [-0.15, -0.1) is 0 Å². The Bertz CT molecular complexity index is 85.9. The van der Waals surface area contributed by atoms with Crippen molar-refractivity contribution in [1.82, 2.24) is 0 Å². The lowest BCUT2D eigenvalue weighted by Gasteiger charge is -1.81. The first-order chi connectivity index (χ1) is 3.50. The summed E-state index contributed by atoms with van der Waals surface area (Å²) in [7, 11) is 0. The predicted molar refractivity (Wildman–Crippen MR) is 23.6 cm³/mol. The fourth-order valence-electron chi connectivity index (χ4n) is 0.246. The largest absolute Gasteiger partial charge is 0.441 e. The van der Waals surface area contributed by atoms with Crippen LogP contribution >= 0.6 is 0 Å². The quantitative estimate of drug-likeness (QED) is 0.438. The topological polar surface area (TPSA) is 30.8 Å². The number of rotatable bonds is 0. The molecule has 1 aliphatic rings. The summed E-state index contributed by atoms with van der Waals surface area (Å²) in [5, 5.41) is 3.24. The maximum absolute atomic E-state index is 4.50. The first-order valence-corrected chi connectivity index (χ1v) is 1.88. The van der Waals surface area contributed by atoms with Gasteiger partial charge in [-0.2, -0.15) is 0 Å². The smallest absolute Gasteiger partial charge is 0.322 e.